The number of anilines is 2. The maximum absolute atomic E-state index is 11.8. The number of thioether (sulfide) groups is 1. The number of benzene rings is 1. The van der Waals surface area contributed by atoms with Gasteiger partial charge in [0.1, 0.15) is 5.03 Å². The number of aromatic nitrogens is 1. The van der Waals surface area contributed by atoms with E-state index in [1.54, 1.807) is 36.5 Å². The number of halogens is 2. The molecule has 1 heterocycles. The van der Waals surface area contributed by atoms with Gasteiger partial charge in [-0.15, -0.1) is 0 Å². The number of hydrogen-bond donors (Lipinski definition) is 2. The molecule has 1 amide bonds. The fourth-order valence-electron chi connectivity index (χ4n) is 1.43. The van der Waals surface area contributed by atoms with Crippen molar-refractivity contribution < 1.29 is 4.79 Å². The summed E-state index contributed by atoms with van der Waals surface area (Å²) in [6.45, 7) is 0. The largest absolute Gasteiger partial charge is 0.399 e. The second-order valence-electron chi connectivity index (χ2n) is 3.87. The quantitative estimate of drug-likeness (QED) is 0.663. The molecule has 0 saturated carbocycles. The minimum absolute atomic E-state index is 0.191. The third kappa shape index (κ3) is 4.03. The minimum atomic E-state index is -0.191. The van der Waals surface area contributed by atoms with Crippen molar-refractivity contribution in [1.29, 1.82) is 0 Å². The lowest BCUT2D eigenvalue weighted by Crippen LogP contribution is -2.14. The van der Waals surface area contributed by atoms with Crippen LogP contribution in [0.15, 0.2) is 41.6 Å². The van der Waals surface area contributed by atoms with Gasteiger partial charge in [-0.05, 0) is 30.3 Å². The molecule has 2 aromatic rings. The predicted octanol–water partition coefficient (Wildman–Crippen LogP) is 3.70. The highest BCUT2D eigenvalue weighted by Crippen LogP contribution is 2.26. The highest BCUT2D eigenvalue weighted by atomic mass is 35.5. The Morgan fingerprint density at radius 2 is 2.10 bits per heavy atom. The van der Waals surface area contributed by atoms with E-state index in [1.807, 2.05) is 0 Å². The molecule has 0 bridgehead atoms. The lowest BCUT2D eigenvalue weighted by molar-refractivity contribution is -0.113. The van der Waals surface area contributed by atoms with Gasteiger partial charge in [0.05, 0.1) is 21.5 Å². The molecule has 7 heteroatoms. The second-order valence-corrected chi connectivity index (χ2v) is 5.64. The third-order valence-corrected chi connectivity index (χ3v) is 4.07. The number of nitrogens with two attached hydrogens (primary N) is 1. The molecule has 0 atom stereocenters. The van der Waals surface area contributed by atoms with Crippen LogP contribution in [-0.4, -0.2) is 16.6 Å². The van der Waals surface area contributed by atoms with E-state index >= 15 is 0 Å². The topological polar surface area (TPSA) is 68.0 Å². The van der Waals surface area contributed by atoms with Crippen molar-refractivity contribution in [1.82, 2.24) is 4.98 Å². The van der Waals surface area contributed by atoms with Crippen molar-refractivity contribution in [3.8, 4) is 0 Å². The summed E-state index contributed by atoms with van der Waals surface area (Å²) in [6.07, 6.45) is 1.63. The maximum atomic E-state index is 11.8. The highest BCUT2D eigenvalue weighted by Gasteiger charge is 2.09. The Morgan fingerprint density at radius 3 is 2.80 bits per heavy atom. The third-order valence-electron chi connectivity index (χ3n) is 2.33. The molecule has 4 nitrogen and oxygen atoms in total. The van der Waals surface area contributed by atoms with Gasteiger partial charge in [0.25, 0.3) is 0 Å². The molecule has 1 aromatic carbocycles. The van der Waals surface area contributed by atoms with E-state index in [0.717, 1.165) is 0 Å². The van der Waals surface area contributed by atoms with E-state index in [0.29, 0.717) is 26.4 Å². The minimum Gasteiger partial charge on any atom is -0.399 e. The van der Waals surface area contributed by atoms with Crippen LogP contribution in [0.2, 0.25) is 10.0 Å². The number of carbonyl (C=O) groups is 1. The number of rotatable bonds is 4. The Morgan fingerprint density at radius 1 is 1.30 bits per heavy atom. The maximum Gasteiger partial charge on any atom is 0.234 e. The van der Waals surface area contributed by atoms with E-state index in [-0.39, 0.29) is 11.7 Å². The average molecular weight is 328 g/mol. The summed E-state index contributed by atoms with van der Waals surface area (Å²) >= 11 is 13.2. The number of pyridine rings is 1. The van der Waals surface area contributed by atoms with E-state index in [1.165, 1.54) is 11.8 Å². The van der Waals surface area contributed by atoms with Crippen LogP contribution in [0.3, 0.4) is 0 Å². The van der Waals surface area contributed by atoms with Crippen molar-refractivity contribution in [2.45, 2.75) is 5.03 Å². The van der Waals surface area contributed by atoms with Gasteiger partial charge >= 0.3 is 0 Å². The van der Waals surface area contributed by atoms with Crippen LogP contribution in [0.5, 0.6) is 0 Å². The molecule has 104 valence electrons. The number of nitrogen functional groups attached to an aromatic ring is 1. The predicted molar refractivity (Wildman–Crippen MR) is 84.5 cm³/mol. The molecular formula is C13H11Cl2N3OS. The van der Waals surface area contributed by atoms with Gasteiger partial charge in [0, 0.05) is 11.9 Å². The number of carbonyl (C=O) groups excluding carboxylic acids is 1. The molecule has 1 aromatic heterocycles. The van der Waals surface area contributed by atoms with Gasteiger partial charge in [-0.1, -0.05) is 35.0 Å². The number of nitrogens with zero attached hydrogens (tertiary/aromatic N) is 1. The second kappa shape index (κ2) is 6.83. The smallest absolute Gasteiger partial charge is 0.234 e. The van der Waals surface area contributed by atoms with Crippen molar-refractivity contribution in [2.75, 3.05) is 16.8 Å². The van der Waals surface area contributed by atoms with Gasteiger partial charge < -0.3 is 11.1 Å². The lowest BCUT2D eigenvalue weighted by Gasteiger charge is -2.08. The van der Waals surface area contributed by atoms with Gasteiger partial charge in [-0.2, -0.15) is 0 Å². The standard InChI is InChI=1S/C13H11Cl2N3OS/c14-9-2-1-5-17-13(9)20-7-12(19)18-11-4-3-8(16)6-10(11)15/h1-6H,7,16H2,(H,18,19). The van der Waals surface area contributed by atoms with E-state index in [9.17, 15) is 4.79 Å². The first kappa shape index (κ1) is 15.0. The molecule has 0 spiro atoms. The fourth-order valence-corrected chi connectivity index (χ4v) is 2.63. The van der Waals surface area contributed by atoms with Crippen molar-refractivity contribution in [3.05, 3.63) is 46.6 Å². The van der Waals surface area contributed by atoms with E-state index in [2.05, 4.69) is 10.3 Å². The highest BCUT2D eigenvalue weighted by molar-refractivity contribution is 8.00. The molecule has 0 aliphatic rings. The van der Waals surface area contributed by atoms with Crippen LogP contribution in [-0.2, 0) is 4.79 Å². The molecule has 0 aliphatic carbocycles. The Bertz CT molecular complexity index is 637. The van der Waals surface area contributed by atoms with Crippen LogP contribution < -0.4 is 11.1 Å². The van der Waals surface area contributed by atoms with Crippen LogP contribution in [0.4, 0.5) is 11.4 Å². The first-order valence-electron chi connectivity index (χ1n) is 5.64. The zero-order valence-electron chi connectivity index (χ0n) is 10.3. The Labute approximate surface area is 130 Å². The van der Waals surface area contributed by atoms with Gasteiger partial charge in [0.2, 0.25) is 5.91 Å². The number of hydrogen-bond acceptors (Lipinski definition) is 4. The van der Waals surface area contributed by atoms with E-state index in [4.69, 9.17) is 28.9 Å². The van der Waals surface area contributed by atoms with Crippen LogP contribution in [0.25, 0.3) is 0 Å². The number of amides is 1. The Kier molecular flexibility index (Phi) is 5.11. The molecule has 3 N–H and O–H groups in total. The molecule has 0 aliphatic heterocycles. The van der Waals surface area contributed by atoms with Gasteiger partial charge in [0.15, 0.2) is 0 Å². The van der Waals surface area contributed by atoms with Crippen molar-refractivity contribution in [2.24, 2.45) is 0 Å². The summed E-state index contributed by atoms with van der Waals surface area (Å²) in [7, 11) is 0. The zero-order valence-corrected chi connectivity index (χ0v) is 12.6. The monoisotopic (exact) mass is 327 g/mol. The average Bonchev–Trinajstić information content (AvgIpc) is 2.41. The zero-order chi connectivity index (χ0) is 14.5. The van der Waals surface area contributed by atoms with Crippen LogP contribution in [0.1, 0.15) is 0 Å². The summed E-state index contributed by atoms with van der Waals surface area (Å²) in [5, 5.41) is 4.25. The molecule has 0 unspecified atom stereocenters. The summed E-state index contributed by atoms with van der Waals surface area (Å²) in [4.78, 5) is 15.9. The lowest BCUT2D eigenvalue weighted by atomic mass is 10.3. The fraction of sp³-hybridized carbons (Fsp3) is 0.0769. The molecule has 0 saturated heterocycles. The van der Waals surface area contributed by atoms with Crippen LogP contribution >= 0.6 is 35.0 Å². The van der Waals surface area contributed by atoms with Crippen molar-refractivity contribution >= 4 is 52.2 Å². The normalized spacial score (nSPS) is 10.3. The Balaban J connectivity index is 1.94. The molecule has 0 radical (unpaired) electrons. The SMILES string of the molecule is Nc1ccc(NC(=O)CSc2ncccc2Cl)c(Cl)c1. The number of nitrogens with one attached hydrogen (secondary N) is 1. The first-order valence-corrected chi connectivity index (χ1v) is 7.38. The molecular weight excluding hydrogens is 317 g/mol. The first-order chi connectivity index (χ1) is 9.56. The van der Waals surface area contributed by atoms with Crippen molar-refractivity contribution in [3.63, 3.8) is 0 Å². The van der Waals surface area contributed by atoms with Gasteiger partial charge in [-0.25, -0.2) is 4.98 Å². The van der Waals surface area contributed by atoms with E-state index < -0.39 is 0 Å². The molecule has 20 heavy (non-hydrogen) atoms. The summed E-state index contributed by atoms with van der Waals surface area (Å²) in [6, 6.07) is 8.38. The summed E-state index contributed by atoms with van der Waals surface area (Å²) in [5.74, 6) is 0.000599. The molecule has 2 rings (SSSR count). The van der Waals surface area contributed by atoms with Gasteiger partial charge in [-0.3, -0.25) is 4.79 Å². The van der Waals surface area contributed by atoms with Crippen LogP contribution in [0, 0.1) is 0 Å². The molecule has 0 fully saturated rings. The summed E-state index contributed by atoms with van der Waals surface area (Å²) in [5.41, 5.74) is 6.66. The summed E-state index contributed by atoms with van der Waals surface area (Å²) < 4.78 is 0. The Hall–Kier alpha value is -1.43.